The second kappa shape index (κ2) is 9.88. The SMILES string of the molecule is Cc1cc(CN2CCSCC2)ccc1NC(=O)C(C)Oc1cccc(Cl)c1Cl. The number of thioether (sulfide) groups is 1. The summed E-state index contributed by atoms with van der Waals surface area (Å²) in [5, 5.41) is 3.64. The van der Waals surface area contributed by atoms with Crippen LogP contribution in [0.2, 0.25) is 10.0 Å². The molecule has 1 heterocycles. The van der Waals surface area contributed by atoms with Gasteiger partial charge in [0.2, 0.25) is 0 Å². The van der Waals surface area contributed by atoms with Crippen molar-refractivity contribution in [2.75, 3.05) is 29.9 Å². The largest absolute Gasteiger partial charge is 0.479 e. The molecule has 1 aliphatic rings. The monoisotopic (exact) mass is 438 g/mol. The van der Waals surface area contributed by atoms with Gasteiger partial charge < -0.3 is 10.1 Å². The van der Waals surface area contributed by atoms with Crippen LogP contribution in [0.15, 0.2) is 36.4 Å². The molecule has 1 atom stereocenters. The Morgan fingerprint density at radius 3 is 2.71 bits per heavy atom. The van der Waals surface area contributed by atoms with Crippen molar-refractivity contribution in [1.29, 1.82) is 0 Å². The lowest BCUT2D eigenvalue weighted by Crippen LogP contribution is -2.32. The maximum Gasteiger partial charge on any atom is 0.265 e. The second-order valence-electron chi connectivity index (χ2n) is 6.84. The smallest absolute Gasteiger partial charge is 0.265 e. The Bertz CT molecular complexity index is 841. The highest BCUT2D eigenvalue weighted by Crippen LogP contribution is 2.32. The number of aryl methyl sites for hydroxylation is 1. The zero-order valence-electron chi connectivity index (χ0n) is 16.0. The molecule has 4 nitrogen and oxygen atoms in total. The first-order chi connectivity index (χ1) is 13.4. The van der Waals surface area contributed by atoms with E-state index in [2.05, 4.69) is 22.3 Å². The lowest BCUT2D eigenvalue weighted by molar-refractivity contribution is -0.122. The van der Waals surface area contributed by atoms with Crippen LogP contribution >= 0.6 is 35.0 Å². The van der Waals surface area contributed by atoms with Gasteiger partial charge in [-0.25, -0.2) is 0 Å². The van der Waals surface area contributed by atoms with Gasteiger partial charge in [0.25, 0.3) is 5.91 Å². The average Bonchev–Trinajstić information content (AvgIpc) is 2.68. The standard InChI is InChI=1S/C21H24Cl2N2O2S/c1-14-12-16(13-25-8-10-28-11-9-25)6-7-18(14)24-21(26)15(2)27-19-5-3-4-17(22)20(19)23/h3-7,12,15H,8-11,13H2,1-2H3,(H,24,26). The van der Waals surface area contributed by atoms with Gasteiger partial charge >= 0.3 is 0 Å². The highest BCUT2D eigenvalue weighted by Gasteiger charge is 2.18. The number of halogens is 2. The zero-order chi connectivity index (χ0) is 20.1. The van der Waals surface area contributed by atoms with Crippen LogP contribution in [0.4, 0.5) is 5.69 Å². The zero-order valence-corrected chi connectivity index (χ0v) is 18.3. The van der Waals surface area contributed by atoms with E-state index in [9.17, 15) is 4.79 Å². The summed E-state index contributed by atoms with van der Waals surface area (Å²) in [5.74, 6) is 2.55. The van der Waals surface area contributed by atoms with Gasteiger partial charge in [-0.2, -0.15) is 11.8 Å². The Labute approximate surface area is 180 Å². The van der Waals surface area contributed by atoms with E-state index in [0.29, 0.717) is 15.8 Å². The summed E-state index contributed by atoms with van der Waals surface area (Å²) < 4.78 is 5.69. The van der Waals surface area contributed by atoms with Gasteiger partial charge in [-0.1, -0.05) is 41.4 Å². The Hall–Kier alpha value is -1.40. The van der Waals surface area contributed by atoms with Crippen LogP contribution < -0.4 is 10.1 Å². The fourth-order valence-electron chi connectivity index (χ4n) is 3.04. The van der Waals surface area contributed by atoms with Crippen LogP contribution in [0.1, 0.15) is 18.1 Å². The Morgan fingerprint density at radius 1 is 1.25 bits per heavy atom. The molecule has 0 radical (unpaired) electrons. The third-order valence-corrected chi connectivity index (χ3v) is 6.39. The topological polar surface area (TPSA) is 41.6 Å². The van der Waals surface area contributed by atoms with Crippen molar-refractivity contribution in [3.05, 3.63) is 57.6 Å². The molecule has 150 valence electrons. The molecule has 0 aromatic heterocycles. The molecule has 1 unspecified atom stereocenters. The van der Waals surface area contributed by atoms with Crippen LogP contribution in [0.5, 0.6) is 5.75 Å². The van der Waals surface area contributed by atoms with Crippen LogP contribution in [0.3, 0.4) is 0 Å². The first-order valence-corrected chi connectivity index (χ1v) is 11.2. The number of rotatable bonds is 6. The van der Waals surface area contributed by atoms with Gasteiger partial charge in [0, 0.05) is 36.8 Å². The van der Waals surface area contributed by atoms with E-state index in [1.165, 1.54) is 17.1 Å². The number of benzene rings is 2. The van der Waals surface area contributed by atoms with Gasteiger partial charge in [-0.05, 0) is 43.2 Å². The molecule has 2 aromatic carbocycles. The number of nitrogens with zero attached hydrogens (tertiary/aromatic N) is 1. The molecule has 0 aliphatic carbocycles. The van der Waals surface area contributed by atoms with Crippen LogP contribution in [0, 0.1) is 6.92 Å². The van der Waals surface area contributed by atoms with Gasteiger partial charge in [0.15, 0.2) is 6.10 Å². The van der Waals surface area contributed by atoms with Crippen molar-refractivity contribution in [3.8, 4) is 5.75 Å². The molecule has 1 amide bonds. The predicted molar refractivity (Wildman–Crippen MR) is 119 cm³/mol. The molecule has 0 bridgehead atoms. The predicted octanol–water partition coefficient (Wildman–Crippen LogP) is 5.26. The number of carbonyl (C=O) groups excluding carboxylic acids is 1. The molecule has 1 fully saturated rings. The normalized spacial score (nSPS) is 15.9. The van der Waals surface area contributed by atoms with E-state index >= 15 is 0 Å². The highest BCUT2D eigenvalue weighted by molar-refractivity contribution is 7.99. The summed E-state index contributed by atoms with van der Waals surface area (Å²) in [7, 11) is 0. The molecular weight excluding hydrogens is 415 g/mol. The first-order valence-electron chi connectivity index (χ1n) is 9.25. The van der Waals surface area contributed by atoms with Crippen molar-refractivity contribution in [1.82, 2.24) is 4.90 Å². The Kier molecular flexibility index (Phi) is 7.52. The van der Waals surface area contributed by atoms with E-state index in [-0.39, 0.29) is 5.91 Å². The fraction of sp³-hybridized carbons (Fsp3) is 0.381. The number of amides is 1. The number of hydrogen-bond acceptors (Lipinski definition) is 4. The van der Waals surface area contributed by atoms with Crippen molar-refractivity contribution >= 4 is 46.6 Å². The third-order valence-electron chi connectivity index (χ3n) is 4.65. The molecule has 28 heavy (non-hydrogen) atoms. The Balaban J connectivity index is 1.60. The molecular formula is C21H24Cl2N2O2S. The molecule has 1 saturated heterocycles. The molecule has 1 N–H and O–H groups in total. The van der Waals surface area contributed by atoms with E-state index in [1.54, 1.807) is 25.1 Å². The van der Waals surface area contributed by atoms with E-state index in [0.717, 1.165) is 30.9 Å². The quantitative estimate of drug-likeness (QED) is 0.667. The summed E-state index contributed by atoms with van der Waals surface area (Å²) in [6.07, 6.45) is -0.708. The minimum Gasteiger partial charge on any atom is -0.479 e. The summed E-state index contributed by atoms with van der Waals surface area (Å²) in [6, 6.07) is 11.3. The number of carbonyl (C=O) groups is 1. The summed E-state index contributed by atoms with van der Waals surface area (Å²) in [6.45, 7) is 6.89. The molecule has 3 rings (SSSR count). The van der Waals surface area contributed by atoms with Gasteiger partial charge in [-0.3, -0.25) is 9.69 Å². The first kappa shape index (κ1) is 21.3. The molecule has 0 spiro atoms. The number of hydrogen-bond donors (Lipinski definition) is 1. The highest BCUT2D eigenvalue weighted by atomic mass is 35.5. The van der Waals surface area contributed by atoms with Crippen molar-refractivity contribution in [2.45, 2.75) is 26.5 Å². The fourth-order valence-corrected chi connectivity index (χ4v) is 4.35. The molecule has 0 saturated carbocycles. The maximum atomic E-state index is 12.5. The number of anilines is 1. The van der Waals surface area contributed by atoms with E-state index in [1.807, 2.05) is 24.8 Å². The summed E-state index contributed by atoms with van der Waals surface area (Å²) in [4.78, 5) is 15.0. The maximum absolute atomic E-state index is 12.5. The van der Waals surface area contributed by atoms with Gasteiger partial charge in [0.05, 0.1) is 5.02 Å². The van der Waals surface area contributed by atoms with E-state index < -0.39 is 6.10 Å². The Morgan fingerprint density at radius 2 is 2.00 bits per heavy atom. The number of nitrogens with one attached hydrogen (secondary N) is 1. The van der Waals surface area contributed by atoms with Crippen LogP contribution in [-0.4, -0.2) is 41.5 Å². The van der Waals surface area contributed by atoms with Crippen molar-refractivity contribution < 1.29 is 9.53 Å². The van der Waals surface area contributed by atoms with Crippen molar-refractivity contribution in [2.24, 2.45) is 0 Å². The summed E-state index contributed by atoms with van der Waals surface area (Å²) >= 11 is 14.1. The van der Waals surface area contributed by atoms with Gasteiger partial charge in [0.1, 0.15) is 10.8 Å². The third kappa shape index (κ3) is 5.57. The van der Waals surface area contributed by atoms with E-state index in [4.69, 9.17) is 27.9 Å². The van der Waals surface area contributed by atoms with Crippen molar-refractivity contribution in [3.63, 3.8) is 0 Å². The molecule has 2 aromatic rings. The van der Waals surface area contributed by atoms with Crippen LogP contribution in [-0.2, 0) is 11.3 Å². The average molecular weight is 439 g/mol. The lowest BCUT2D eigenvalue weighted by Gasteiger charge is -2.26. The number of ether oxygens (including phenoxy) is 1. The minimum absolute atomic E-state index is 0.236. The molecule has 7 heteroatoms. The summed E-state index contributed by atoms with van der Waals surface area (Å²) in [5.41, 5.74) is 3.08. The molecule has 1 aliphatic heterocycles. The minimum atomic E-state index is -0.708. The lowest BCUT2D eigenvalue weighted by atomic mass is 10.1. The van der Waals surface area contributed by atoms with Crippen LogP contribution in [0.25, 0.3) is 0 Å². The second-order valence-corrected chi connectivity index (χ2v) is 8.85. The van der Waals surface area contributed by atoms with Gasteiger partial charge in [-0.15, -0.1) is 0 Å².